The zero-order chi connectivity index (χ0) is 13.1. The molecule has 0 spiro atoms. The Labute approximate surface area is 123 Å². The molecule has 1 aromatic carbocycles. The van der Waals surface area contributed by atoms with Crippen molar-refractivity contribution in [2.45, 2.75) is 13.0 Å². The van der Waals surface area contributed by atoms with Crippen LogP contribution < -0.4 is 4.74 Å². The summed E-state index contributed by atoms with van der Waals surface area (Å²) in [5, 5.41) is 0.953. The summed E-state index contributed by atoms with van der Waals surface area (Å²) in [6.07, 6.45) is 3.09. The van der Waals surface area contributed by atoms with Crippen LogP contribution in [0.4, 0.5) is 0 Å². The summed E-state index contributed by atoms with van der Waals surface area (Å²) >= 11 is 15.0. The van der Waals surface area contributed by atoms with Crippen molar-refractivity contribution < 1.29 is 4.74 Å². The molecule has 1 aromatic heterocycles. The molecule has 0 saturated carbocycles. The van der Waals surface area contributed by atoms with E-state index in [1.165, 1.54) is 0 Å². The first-order valence-electron chi connectivity index (χ1n) is 5.15. The molecule has 1 heterocycles. The maximum absolute atomic E-state index is 5.91. The van der Waals surface area contributed by atoms with Crippen LogP contribution in [0.5, 0.6) is 5.75 Å². The number of ether oxygens (including phenoxy) is 1. The number of hydrogen-bond donors (Lipinski definition) is 0. The zero-order valence-electron chi connectivity index (χ0n) is 9.40. The molecule has 0 aliphatic heterocycles. The third kappa shape index (κ3) is 3.34. The summed E-state index contributed by atoms with van der Waals surface area (Å²) in [6, 6.07) is 5.11. The normalized spacial score (nSPS) is 12.2. The third-order valence-electron chi connectivity index (χ3n) is 2.21. The molecule has 0 radical (unpaired) electrons. The van der Waals surface area contributed by atoms with Gasteiger partial charge in [-0.2, -0.15) is 0 Å². The molecule has 0 amide bonds. The number of rotatable bonds is 3. The lowest BCUT2D eigenvalue weighted by Crippen LogP contribution is -2.07. The minimum absolute atomic E-state index is 0.268. The summed E-state index contributed by atoms with van der Waals surface area (Å²) in [6.45, 7) is 1.87. The monoisotopic (exact) mass is 346 g/mol. The van der Waals surface area contributed by atoms with Crippen LogP contribution in [-0.2, 0) is 0 Å². The molecule has 0 aliphatic rings. The van der Waals surface area contributed by atoms with E-state index in [9.17, 15) is 0 Å². The lowest BCUT2D eigenvalue weighted by Gasteiger charge is -2.13. The SMILES string of the molecule is C[C@H](Oc1ccc(Cl)c(Cl)c1)c1ncc(Br)cn1. The van der Waals surface area contributed by atoms with Crippen molar-refractivity contribution in [1.82, 2.24) is 9.97 Å². The van der Waals surface area contributed by atoms with Gasteiger partial charge in [0, 0.05) is 18.5 Å². The van der Waals surface area contributed by atoms with Crippen LogP contribution >= 0.6 is 39.1 Å². The van der Waals surface area contributed by atoms with E-state index in [0.29, 0.717) is 21.6 Å². The molecule has 18 heavy (non-hydrogen) atoms. The van der Waals surface area contributed by atoms with Gasteiger partial charge in [-0.15, -0.1) is 0 Å². The fourth-order valence-corrected chi connectivity index (χ4v) is 1.83. The van der Waals surface area contributed by atoms with Gasteiger partial charge in [-0.3, -0.25) is 0 Å². The molecule has 6 heteroatoms. The predicted octanol–water partition coefficient (Wildman–Crippen LogP) is 4.69. The standard InChI is InChI=1S/C12H9BrCl2N2O/c1-7(12-16-5-8(13)6-17-12)18-9-2-3-10(14)11(15)4-9/h2-7H,1H3/t7-/m0/s1. The van der Waals surface area contributed by atoms with Crippen LogP contribution in [0, 0.1) is 0 Å². The van der Waals surface area contributed by atoms with Gasteiger partial charge in [0.15, 0.2) is 11.9 Å². The lowest BCUT2D eigenvalue weighted by molar-refractivity contribution is 0.216. The average molecular weight is 348 g/mol. The van der Waals surface area contributed by atoms with Gasteiger partial charge in [-0.25, -0.2) is 9.97 Å². The van der Waals surface area contributed by atoms with Gasteiger partial charge in [0.05, 0.1) is 14.5 Å². The Morgan fingerprint density at radius 3 is 2.44 bits per heavy atom. The third-order valence-corrected chi connectivity index (χ3v) is 3.36. The van der Waals surface area contributed by atoms with Gasteiger partial charge >= 0.3 is 0 Å². The van der Waals surface area contributed by atoms with E-state index in [1.807, 2.05) is 6.92 Å². The summed E-state index contributed by atoms with van der Waals surface area (Å²) in [7, 11) is 0. The summed E-state index contributed by atoms with van der Waals surface area (Å²) < 4.78 is 6.52. The predicted molar refractivity (Wildman–Crippen MR) is 75.2 cm³/mol. The van der Waals surface area contributed by atoms with Crippen LogP contribution in [0.2, 0.25) is 10.0 Å². The van der Waals surface area contributed by atoms with Crippen molar-refractivity contribution in [3.63, 3.8) is 0 Å². The zero-order valence-corrected chi connectivity index (χ0v) is 12.5. The lowest BCUT2D eigenvalue weighted by atomic mass is 10.3. The molecule has 0 N–H and O–H groups in total. The van der Waals surface area contributed by atoms with E-state index < -0.39 is 0 Å². The van der Waals surface area contributed by atoms with E-state index in [2.05, 4.69) is 25.9 Å². The molecule has 1 atom stereocenters. The van der Waals surface area contributed by atoms with E-state index in [1.54, 1.807) is 30.6 Å². The Balaban J connectivity index is 2.13. The summed E-state index contributed by atoms with van der Waals surface area (Å²) in [4.78, 5) is 8.34. The van der Waals surface area contributed by atoms with Crippen molar-refractivity contribution in [1.29, 1.82) is 0 Å². The quantitative estimate of drug-likeness (QED) is 0.808. The number of halogens is 3. The van der Waals surface area contributed by atoms with Crippen LogP contribution in [0.3, 0.4) is 0 Å². The molecule has 2 aromatic rings. The van der Waals surface area contributed by atoms with Gasteiger partial charge in [0.25, 0.3) is 0 Å². The number of benzene rings is 1. The first kappa shape index (κ1) is 13.6. The molecule has 3 nitrogen and oxygen atoms in total. The Kier molecular flexibility index (Phi) is 4.43. The van der Waals surface area contributed by atoms with Gasteiger partial charge in [0.1, 0.15) is 5.75 Å². The molecule has 0 fully saturated rings. The molecule has 0 saturated heterocycles. The van der Waals surface area contributed by atoms with Crippen LogP contribution in [-0.4, -0.2) is 9.97 Å². The fraction of sp³-hybridized carbons (Fsp3) is 0.167. The van der Waals surface area contributed by atoms with E-state index >= 15 is 0 Å². The first-order valence-corrected chi connectivity index (χ1v) is 6.70. The highest BCUT2D eigenvalue weighted by molar-refractivity contribution is 9.10. The van der Waals surface area contributed by atoms with Crippen molar-refractivity contribution in [3.05, 3.63) is 50.9 Å². The number of aromatic nitrogens is 2. The second-order valence-corrected chi connectivity index (χ2v) is 5.33. The average Bonchev–Trinajstić information content (AvgIpc) is 2.34. The second-order valence-electron chi connectivity index (χ2n) is 3.60. The Morgan fingerprint density at radius 1 is 1.17 bits per heavy atom. The minimum atomic E-state index is -0.268. The molecule has 2 rings (SSSR count). The van der Waals surface area contributed by atoms with Crippen LogP contribution in [0.25, 0.3) is 0 Å². The van der Waals surface area contributed by atoms with Gasteiger partial charge < -0.3 is 4.74 Å². The smallest absolute Gasteiger partial charge is 0.169 e. The number of hydrogen-bond acceptors (Lipinski definition) is 3. The largest absolute Gasteiger partial charge is 0.483 e. The van der Waals surface area contributed by atoms with E-state index in [4.69, 9.17) is 27.9 Å². The fourth-order valence-electron chi connectivity index (χ4n) is 1.34. The van der Waals surface area contributed by atoms with E-state index in [0.717, 1.165) is 4.47 Å². The van der Waals surface area contributed by atoms with Crippen molar-refractivity contribution in [2.24, 2.45) is 0 Å². The maximum atomic E-state index is 5.91. The van der Waals surface area contributed by atoms with Crippen molar-refractivity contribution in [3.8, 4) is 5.75 Å². The maximum Gasteiger partial charge on any atom is 0.169 e. The van der Waals surface area contributed by atoms with Gasteiger partial charge in [-0.1, -0.05) is 23.2 Å². The molecule has 0 bridgehead atoms. The Hall–Kier alpha value is -0.840. The highest BCUT2D eigenvalue weighted by atomic mass is 79.9. The molecular weight excluding hydrogens is 339 g/mol. The van der Waals surface area contributed by atoms with Gasteiger partial charge in [0.2, 0.25) is 0 Å². The second kappa shape index (κ2) is 5.87. The summed E-state index contributed by atoms with van der Waals surface area (Å²) in [5.41, 5.74) is 0. The van der Waals surface area contributed by atoms with Crippen LogP contribution in [0.1, 0.15) is 18.9 Å². The van der Waals surface area contributed by atoms with Crippen molar-refractivity contribution in [2.75, 3.05) is 0 Å². The highest BCUT2D eigenvalue weighted by Gasteiger charge is 2.11. The number of nitrogens with zero attached hydrogens (tertiary/aromatic N) is 2. The minimum Gasteiger partial charge on any atom is -0.483 e. The first-order chi connectivity index (χ1) is 8.56. The molecule has 0 unspecified atom stereocenters. The van der Waals surface area contributed by atoms with Crippen LogP contribution in [0.15, 0.2) is 35.1 Å². The Morgan fingerprint density at radius 2 is 1.83 bits per heavy atom. The topological polar surface area (TPSA) is 35.0 Å². The molecule has 0 aliphatic carbocycles. The van der Waals surface area contributed by atoms with Gasteiger partial charge in [-0.05, 0) is 35.0 Å². The summed E-state index contributed by atoms with van der Waals surface area (Å²) in [5.74, 6) is 1.23. The van der Waals surface area contributed by atoms with E-state index in [-0.39, 0.29) is 6.10 Å². The molecular formula is C12H9BrCl2N2O. The molecule has 94 valence electrons. The Bertz CT molecular complexity index is 548. The highest BCUT2D eigenvalue weighted by Crippen LogP contribution is 2.28. The van der Waals surface area contributed by atoms with Crippen molar-refractivity contribution >= 4 is 39.1 Å².